The molecule has 1 aromatic heterocycles. The van der Waals surface area contributed by atoms with Crippen LogP contribution in [0.3, 0.4) is 0 Å². The molecule has 0 bridgehead atoms. The minimum atomic E-state index is -0.128. The summed E-state index contributed by atoms with van der Waals surface area (Å²) in [6.07, 6.45) is 10.0. The Hall–Kier alpha value is -1.43. The van der Waals surface area contributed by atoms with E-state index < -0.39 is 0 Å². The van der Waals surface area contributed by atoms with Gasteiger partial charge in [0, 0.05) is 10.0 Å². The third-order valence-corrected chi connectivity index (χ3v) is 6.58. The maximum absolute atomic E-state index is 6.38. The van der Waals surface area contributed by atoms with Gasteiger partial charge in [0.2, 0.25) is 0 Å². The number of aromatic nitrogens is 4. The van der Waals surface area contributed by atoms with Crippen molar-refractivity contribution < 1.29 is 0 Å². The molecule has 0 amide bonds. The maximum atomic E-state index is 6.38. The number of benzene rings is 1. The molecule has 1 aliphatic rings. The van der Waals surface area contributed by atoms with Crippen molar-refractivity contribution in [3.63, 3.8) is 0 Å². The van der Waals surface area contributed by atoms with Crippen molar-refractivity contribution in [2.45, 2.75) is 64.5 Å². The van der Waals surface area contributed by atoms with Crippen LogP contribution in [0.25, 0.3) is 6.08 Å². The number of tetrazole rings is 1. The van der Waals surface area contributed by atoms with Crippen molar-refractivity contribution in [1.82, 2.24) is 25.1 Å². The van der Waals surface area contributed by atoms with Crippen LogP contribution < -0.4 is 0 Å². The van der Waals surface area contributed by atoms with Crippen molar-refractivity contribution in [2.75, 3.05) is 14.1 Å². The van der Waals surface area contributed by atoms with E-state index in [1.54, 1.807) is 6.07 Å². The average Bonchev–Trinajstić information content (AvgIpc) is 3.12. The Labute approximate surface area is 184 Å². The van der Waals surface area contributed by atoms with Gasteiger partial charge in [-0.05, 0) is 60.5 Å². The highest BCUT2D eigenvalue weighted by Gasteiger charge is 2.42. The molecule has 5 nitrogen and oxygen atoms in total. The summed E-state index contributed by atoms with van der Waals surface area (Å²) in [6, 6.07) is 5.53. The van der Waals surface area contributed by atoms with Gasteiger partial charge in [-0.3, -0.25) is 4.90 Å². The van der Waals surface area contributed by atoms with Crippen LogP contribution in [0.5, 0.6) is 0 Å². The van der Waals surface area contributed by atoms with E-state index in [1.807, 2.05) is 22.9 Å². The van der Waals surface area contributed by atoms with Crippen LogP contribution in [0.4, 0.5) is 0 Å². The van der Waals surface area contributed by atoms with Crippen LogP contribution in [0.15, 0.2) is 24.3 Å². The quantitative estimate of drug-likeness (QED) is 0.577. The minimum absolute atomic E-state index is 0.0157. The van der Waals surface area contributed by atoms with Gasteiger partial charge in [-0.15, -0.1) is 5.10 Å². The van der Waals surface area contributed by atoms with E-state index >= 15 is 0 Å². The molecule has 1 unspecified atom stereocenters. The van der Waals surface area contributed by atoms with Gasteiger partial charge in [0.25, 0.3) is 0 Å². The van der Waals surface area contributed by atoms with Crippen molar-refractivity contribution in [3.05, 3.63) is 45.7 Å². The Balaban J connectivity index is 2.03. The summed E-state index contributed by atoms with van der Waals surface area (Å²) < 4.78 is 2.02. The minimum Gasteiger partial charge on any atom is -0.297 e. The van der Waals surface area contributed by atoms with E-state index in [2.05, 4.69) is 61.4 Å². The van der Waals surface area contributed by atoms with Crippen LogP contribution in [-0.4, -0.2) is 39.2 Å². The predicted molar refractivity (Wildman–Crippen MR) is 120 cm³/mol. The van der Waals surface area contributed by atoms with Gasteiger partial charge in [0.1, 0.15) is 0 Å². The second-order valence-corrected chi connectivity index (χ2v) is 10.1. The van der Waals surface area contributed by atoms with Gasteiger partial charge >= 0.3 is 0 Å². The molecule has 0 radical (unpaired) electrons. The summed E-state index contributed by atoms with van der Waals surface area (Å²) in [4.78, 5) is 2.30. The Morgan fingerprint density at radius 2 is 1.83 bits per heavy atom. The van der Waals surface area contributed by atoms with Crippen molar-refractivity contribution in [1.29, 1.82) is 0 Å². The monoisotopic (exact) mass is 435 g/mol. The molecule has 1 aliphatic carbocycles. The van der Waals surface area contributed by atoms with Gasteiger partial charge in [-0.25, -0.2) is 4.68 Å². The molecule has 1 fully saturated rings. The Morgan fingerprint density at radius 3 is 2.41 bits per heavy atom. The highest BCUT2D eigenvalue weighted by Crippen LogP contribution is 2.42. The molecule has 1 heterocycles. The van der Waals surface area contributed by atoms with Crippen molar-refractivity contribution in [3.8, 4) is 0 Å². The molecule has 7 heteroatoms. The zero-order valence-electron chi connectivity index (χ0n) is 18.0. The van der Waals surface area contributed by atoms with Gasteiger partial charge in [0.05, 0.1) is 11.6 Å². The summed E-state index contributed by atoms with van der Waals surface area (Å²) in [5, 5.41) is 14.4. The van der Waals surface area contributed by atoms with Crippen molar-refractivity contribution >= 4 is 29.3 Å². The van der Waals surface area contributed by atoms with Gasteiger partial charge in [-0.2, -0.15) is 0 Å². The van der Waals surface area contributed by atoms with Crippen LogP contribution in [0.1, 0.15) is 70.3 Å². The van der Waals surface area contributed by atoms with Crippen LogP contribution >= 0.6 is 23.2 Å². The molecule has 1 saturated carbocycles. The number of rotatable bonds is 5. The molecule has 0 N–H and O–H groups in total. The molecule has 1 aromatic carbocycles. The molecular formula is C22H31Cl2N5. The molecular weight excluding hydrogens is 405 g/mol. The van der Waals surface area contributed by atoms with E-state index in [9.17, 15) is 0 Å². The number of allylic oxidation sites excluding steroid dienone is 1. The maximum Gasteiger partial charge on any atom is 0.172 e. The largest absolute Gasteiger partial charge is 0.297 e. The number of nitrogens with zero attached hydrogens (tertiary/aromatic N) is 5. The fourth-order valence-electron chi connectivity index (χ4n) is 4.26. The lowest BCUT2D eigenvalue weighted by atomic mass is 9.79. The summed E-state index contributed by atoms with van der Waals surface area (Å²) in [5.41, 5.74) is 0.721. The first-order chi connectivity index (χ1) is 13.6. The summed E-state index contributed by atoms with van der Waals surface area (Å²) >= 11 is 12.4. The summed E-state index contributed by atoms with van der Waals surface area (Å²) in [6.45, 7) is 6.63. The first kappa shape index (κ1) is 22.3. The third-order valence-electron chi connectivity index (χ3n) is 6.02. The van der Waals surface area contributed by atoms with E-state index in [0.29, 0.717) is 10.0 Å². The molecule has 158 valence electrons. The summed E-state index contributed by atoms with van der Waals surface area (Å²) in [5.74, 6) is 0.953. The number of hydrogen-bond acceptors (Lipinski definition) is 4. The lowest BCUT2D eigenvalue weighted by Gasteiger charge is -2.43. The standard InChI is InChI=1S/C22H31Cl2N5/c1-21(2,3)19(12-10-16-9-11-17(23)15-18(16)24)29-20(25-26-27-29)22(28(4)5)13-7-6-8-14-22/h9-12,15,19H,6-8,13-14H2,1-5H3/b12-10-. The molecule has 0 saturated heterocycles. The molecule has 0 spiro atoms. The van der Waals surface area contributed by atoms with Crippen LogP contribution in [0.2, 0.25) is 10.0 Å². The second-order valence-electron chi connectivity index (χ2n) is 9.27. The molecule has 0 aliphatic heterocycles. The fourth-order valence-corrected chi connectivity index (χ4v) is 4.73. The lowest BCUT2D eigenvalue weighted by Crippen LogP contribution is -2.46. The van der Waals surface area contributed by atoms with Gasteiger partial charge in [0.15, 0.2) is 5.82 Å². The van der Waals surface area contributed by atoms with Gasteiger partial charge in [-0.1, -0.05) is 81.5 Å². The van der Waals surface area contributed by atoms with E-state index in [0.717, 1.165) is 24.2 Å². The van der Waals surface area contributed by atoms with Gasteiger partial charge < -0.3 is 0 Å². The van der Waals surface area contributed by atoms with Crippen LogP contribution in [-0.2, 0) is 5.54 Å². The zero-order valence-corrected chi connectivity index (χ0v) is 19.5. The molecule has 1 atom stereocenters. The Kier molecular flexibility index (Phi) is 6.71. The first-order valence-electron chi connectivity index (χ1n) is 10.2. The van der Waals surface area contributed by atoms with E-state index in [-0.39, 0.29) is 17.0 Å². The van der Waals surface area contributed by atoms with E-state index in [4.69, 9.17) is 23.2 Å². The SMILES string of the molecule is CN(C)C1(c2nnnn2C(/C=C\c2ccc(Cl)cc2Cl)C(C)(C)C)CCCCC1. The van der Waals surface area contributed by atoms with E-state index in [1.165, 1.54) is 19.3 Å². The van der Waals surface area contributed by atoms with Crippen molar-refractivity contribution in [2.24, 2.45) is 5.41 Å². The zero-order chi connectivity index (χ0) is 21.2. The molecule has 29 heavy (non-hydrogen) atoms. The molecule has 2 aromatic rings. The Bertz CT molecular complexity index is 860. The second kappa shape index (κ2) is 8.75. The molecule has 3 rings (SSSR count). The average molecular weight is 436 g/mol. The highest BCUT2D eigenvalue weighted by atomic mass is 35.5. The first-order valence-corrected chi connectivity index (χ1v) is 11.0. The van der Waals surface area contributed by atoms with Crippen LogP contribution in [0, 0.1) is 5.41 Å². The highest BCUT2D eigenvalue weighted by molar-refractivity contribution is 6.35. The Morgan fingerprint density at radius 1 is 1.14 bits per heavy atom. The summed E-state index contributed by atoms with van der Waals surface area (Å²) in [7, 11) is 4.28. The fraction of sp³-hybridized carbons (Fsp3) is 0.591. The topological polar surface area (TPSA) is 46.8 Å². The lowest BCUT2D eigenvalue weighted by molar-refractivity contribution is 0.0783. The predicted octanol–water partition coefficient (Wildman–Crippen LogP) is 6.00. The smallest absolute Gasteiger partial charge is 0.172 e. The third kappa shape index (κ3) is 4.68. The number of halogens is 2. The normalized spacial score (nSPS) is 18.5. The number of hydrogen-bond donors (Lipinski definition) is 0.